The van der Waals surface area contributed by atoms with E-state index >= 15 is 0 Å². The number of carbonyl (C=O) groups is 1. The minimum absolute atomic E-state index is 0.0512. The number of aromatic hydroxyl groups is 1. The zero-order chi connectivity index (χ0) is 24.0. The van der Waals surface area contributed by atoms with Gasteiger partial charge >= 0.3 is 0 Å². The summed E-state index contributed by atoms with van der Waals surface area (Å²) in [4.78, 5) is 12.5. The predicted octanol–water partition coefficient (Wildman–Crippen LogP) is 3.88. The van der Waals surface area contributed by atoms with Crippen molar-refractivity contribution in [3.8, 4) is 11.5 Å². The van der Waals surface area contributed by atoms with Crippen LogP contribution in [0.5, 0.6) is 11.5 Å². The van der Waals surface area contributed by atoms with Gasteiger partial charge < -0.3 is 9.84 Å². The smallest absolute Gasteiger partial charge is 0.271 e. The fraction of sp³-hybridized carbons (Fsp3) is 0.130. The van der Waals surface area contributed by atoms with Crippen LogP contribution in [0.3, 0.4) is 0 Å². The molecule has 8 nitrogen and oxygen atoms in total. The number of sulfonamides is 1. The molecule has 1 amide bonds. The Morgan fingerprint density at radius 2 is 1.82 bits per heavy atom. The van der Waals surface area contributed by atoms with E-state index in [9.17, 15) is 22.7 Å². The monoisotopic (exact) mass is 471 g/mol. The van der Waals surface area contributed by atoms with Gasteiger partial charge in [-0.1, -0.05) is 13.0 Å². The number of hydrazone groups is 1. The first kappa shape index (κ1) is 23.7. The van der Waals surface area contributed by atoms with Gasteiger partial charge in [0.25, 0.3) is 15.9 Å². The van der Waals surface area contributed by atoms with Crippen LogP contribution in [0.4, 0.5) is 10.1 Å². The Balaban J connectivity index is 1.79. The fourth-order valence-corrected chi connectivity index (χ4v) is 4.03. The Bertz CT molecular complexity index is 1290. The van der Waals surface area contributed by atoms with E-state index in [1.807, 2.05) is 0 Å². The van der Waals surface area contributed by atoms with Crippen molar-refractivity contribution in [3.05, 3.63) is 83.7 Å². The van der Waals surface area contributed by atoms with E-state index in [2.05, 4.69) is 15.2 Å². The van der Waals surface area contributed by atoms with Gasteiger partial charge in [0, 0.05) is 16.8 Å². The van der Waals surface area contributed by atoms with Gasteiger partial charge in [-0.3, -0.25) is 9.52 Å². The minimum atomic E-state index is -3.96. The van der Waals surface area contributed by atoms with Crippen LogP contribution in [0.25, 0.3) is 0 Å². The van der Waals surface area contributed by atoms with Gasteiger partial charge in [0.15, 0.2) is 0 Å². The molecule has 0 atom stereocenters. The average molecular weight is 472 g/mol. The molecule has 0 aliphatic heterocycles. The van der Waals surface area contributed by atoms with Crippen molar-refractivity contribution in [2.45, 2.75) is 18.2 Å². The van der Waals surface area contributed by atoms with Gasteiger partial charge in [-0.25, -0.2) is 18.2 Å². The van der Waals surface area contributed by atoms with Crippen molar-refractivity contribution >= 4 is 27.3 Å². The van der Waals surface area contributed by atoms with Crippen LogP contribution in [-0.4, -0.2) is 32.3 Å². The summed E-state index contributed by atoms with van der Waals surface area (Å²) in [6.45, 7) is 1.73. The number of phenolic OH excluding ortho intramolecular Hbond substituents is 1. The number of hydrogen-bond acceptors (Lipinski definition) is 6. The van der Waals surface area contributed by atoms with Crippen LogP contribution in [0.15, 0.2) is 76.7 Å². The number of nitrogens with one attached hydrogen (secondary N) is 2. The molecule has 3 aromatic carbocycles. The number of halogens is 1. The van der Waals surface area contributed by atoms with Gasteiger partial charge in [-0.15, -0.1) is 0 Å². The molecule has 0 bridgehead atoms. The molecule has 0 radical (unpaired) electrons. The Kier molecular flexibility index (Phi) is 7.29. The van der Waals surface area contributed by atoms with Crippen molar-refractivity contribution in [2.75, 3.05) is 11.8 Å². The number of hydrogen-bond donors (Lipinski definition) is 3. The Morgan fingerprint density at radius 3 is 2.48 bits per heavy atom. The molecule has 33 heavy (non-hydrogen) atoms. The van der Waals surface area contributed by atoms with E-state index in [1.54, 1.807) is 31.2 Å². The third kappa shape index (κ3) is 5.86. The minimum Gasteiger partial charge on any atom is -0.507 e. The molecule has 0 saturated carbocycles. The molecule has 0 saturated heterocycles. The second-order valence-corrected chi connectivity index (χ2v) is 8.56. The maximum atomic E-state index is 13.5. The van der Waals surface area contributed by atoms with Crippen LogP contribution in [0.1, 0.15) is 29.3 Å². The Hall–Kier alpha value is -3.92. The van der Waals surface area contributed by atoms with E-state index in [1.165, 1.54) is 37.4 Å². The van der Waals surface area contributed by atoms with Crippen LogP contribution < -0.4 is 14.9 Å². The quantitative estimate of drug-likeness (QED) is 0.340. The molecule has 0 heterocycles. The van der Waals surface area contributed by atoms with Crippen molar-refractivity contribution in [2.24, 2.45) is 5.10 Å². The first-order valence-corrected chi connectivity index (χ1v) is 11.3. The maximum absolute atomic E-state index is 13.5. The fourth-order valence-electron chi connectivity index (χ4n) is 2.93. The molecule has 0 aliphatic rings. The predicted molar refractivity (Wildman–Crippen MR) is 123 cm³/mol. The van der Waals surface area contributed by atoms with Gasteiger partial charge in [0.1, 0.15) is 17.3 Å². The van der Waals surface area contributed by atoms with Crippen LogP contribution >= 0.6 is 0 Å². The second kappa shape index (κ2) is 10.1. The summed E-state index contributed by atoms with van der Waals surface area (Å²) in [5, 5.41) is 13.9. The average Bonchev–Trinajstić information content (AvgIpc) is 2.81. The SMILES string of the molecule is CCC(=NNC(=O)c1cccc(S(=O)(=O)Nc2ccc(OC)cc2)c1)c1cc(F)ccc1O. The van der Waals surface area contributed by atoms with Crippen molar-refractivity contribution in [1.29, 1.82) is 0 Å². The van der Waals surface area contributed by atoms with Crippen LogP contribution in [0, 0.1) is 5.82 Å². The van der Waals surface area contributed by atoms with E-state index in [4.69, 9.17) is 4.74 Å². The lowest BCUT2D eigenvalue weighted by Crippen LogP contribution is -2.21. The number of ether oxygens (including phenoxy) is 1. The molecular weight excluding hydrogens is 449 g/mol. The lowest BCUT2D eigenvalue weighted by Gasteiger charge is -2.10. The summed E-state index contributed by atoms with van der Waals surface area (Å²) in [5.41, 5.74) is 3.11. The topological polar surface area (TPSA) is 117 Å². The molecule has 0 aromatic heterocycles. The highest BCUT2D eigenvalue weighted by molar-refractivity contribution is 7.92. The summed E-state index contributed by atoms with van der Waals surface area (Å²) in [5.74, 6) is -0.824. The Labute approximate surface area is 190 Å². The number of anilines is 1. The van der Waals surface area contributed by atoms with E-state index in [0.29, 0.717) is 17.9 Å². The number of carbonyl (C=O) groups excluding carboxylic acids is 1. The van der Waals surface area contributed by atoms with E-state index in [-0.39, 0.29) is 27.5 Å². The van der Waals surface area contributed by atoms with E-state index < -0.39 is 21.7 Å². The summed E-state index contributed by atoms with van der Waals surface area (Å²) < 4.78 is 46.5. The van der Waals surface area contributed by atoms with Crippen molar-refractivity contribution < 1.29 is 27.4 Å². The van der Waals surface area contributed by atoms with Gasteiger partial charge in [-0.2, -0.15) is 5.10 Å². The van der Waals surface area contributed by atoms with Gasteiger partial charge in [0.2, 0.25) is 0 Å². The normalized spacial score (nSPS) is 11.7. The summed E-state index contributed by atoms with van der Waals surface area (Å²) in [7, 11) is -2.46. The number of rotatable bonds is 8. The third-order valence-electron chi connectivity index (χ3n) is 4.65. The zero-order valence-corrected chi connectivity index (χ0v) is 18.7. The van der Waals surface area contributed by atoms with Crippen molar-refractivity contribution in [3.63, 3.8) is 0 Å². The third-order valence-corrected chi connectivity index (χ3v) is 6.02. The molecule has 0 spiro atoms. The summed E-state index contributed by atoms with van der Waals surface area (Å²) in [6.07, 6.45) is 0.303. The molecule has 10 heteroatoms. The molecule has 0 unspecified atom stereocenters. The van der Waals surface area contributed by atoms with Gasteiger partial charge in [0.05, 0.1) is 17.7 Å². The van der Waals surface area contributed by atoms with Crippen LogP contribution in [-0.2, 0) is 10.0 Å². The lowest BCUT2D eigenvalue weighted by molar-refractivity contribution is 0.0954. The molecule has 3 rings (SSSR count). The first-order chi connectivity index (χ1) is 15.7. The maximum Gasteiger partial charge on any atom is 0.271 e. The number of methoxy groups -OCH3 is 1. The molecule has 0 aliphatic carbocycles. The highest BCUT2D eigenvalue weighted by Gasteiger charge is 2.17. The van der Waals surface area contributed by atoms with Crippen LogP contribution in [0.2, 0.25) is 0 Å². The largest absolute Gasteiger partial charge is 0.507 e. The number of phenols is 1. The number of nitrogens with zero attached hydrogens (tertiary/aromatic N) is 1. The molecule has 3 aromatic rings. The highest BCUT2D eigenvalue weighted by atomic mass is 32.2. The van der Waals surface area contributed by atoms with Gasteiger partial charge in [-0.05, 0) is 67.1 Å². The second-order valence-electron chi connectivity index (χ2n) is 6.88. The van der Waals surface area contributed by atoms with Crippen molar-refractivity contribution in [1.82, 2.24) is 5.43 Å². The zero-order valence-electron chi connectivity index (χ0n) is 17.9. The highest BCUT2D eigenvalue weighted by Crippen LogP contribution is 2.21. The Morgan fingerprint density at radius 1 is 1.09 bits per heavy atom. The number of amides is 1. The molecule has 3 N–H and O–H groups in total. The molecule has 172 valence electrons. The summed E-state index contributed by atoms with van der Waals surface area (Å²) in [6, 6.07) is 15.2. The van der Waals surface area contributed by atoms with E-state index in [0.717, 1.165) is 12.1 Å². The first-order valence-electron chi connectivity index (χ1n) is 9.86. The molecular formula is C23H22FN3O5S. The molecule has 0 fully saturated rings. The standard InChI is InChI=1S/C23H22FN3O5S/c1-3-21(20-14-16(24)7-12-22(20)28)25-26-23(29)15-5-4-6-19(13-15)33(30,31)27-17-8-10-18(32-2)11-9-17/h4-14,27-28H,3H2,1-2H3,(H,26,29). The lowest BCUT2D eigenvalue weighted by atomic mass is 10.1. The summed E-state index contributed by atoms with van der Waals surface area (Å²) >= 11 is 0. The number of benzene rings is 3.